The molecular weight excluding hydrogens is 246 g/mol. The number of allylic oxidation sites excluding steroid dienone is 1. The van der Waals surface area contributed by atoms with Crippen LogP contribution in [0.2, 0.25) is 0 Å². The van der Waals surface area contributed by atoms with Crippen LogP contribution in [0.25, 0.3) is 5.70 Å². The Bertz CT molecular complexity index is 631. The van der Waals surface area contributed by atoms with Crippen molar-refractivity contribution < 1.29 is 4.79 Å². The van der Waals surface area contributed by atoms with Crippen LogP contribution in [0.5, 0.6) is 0 Å². The van der Waals surface area contributed by atoms with Crippen molar-refractivity contribution in [3.8, 4) is 0 Å². The van der Waals surface area contributed by atoms with Gasteiger partial charge in [0.15, 0.2) is 5.78 Å². The maximum Gasteiger partial charge on any atom is 0.162 e. The highest BCUT2D eigenvalue weighted by Gasteiger charge is 2.25. The highest BCUT2D eigenvalue weighted by Crippen LogP contribution is 2.30. The number of anilines is 1. The van der Waals surface area contributed by atoms with Gasteiger partial charge in [0.25, 0.3) is 0 Å². The first-order valence-electron chi connectivity index (χ1n) is 6.89. The SMILES string of the molecule is CC1CN(c2ccccc2)C(c2ccccc2)=CC1=O. The van der Waals surface area contributed by atoms with Crippen LogP contribution in [0.15, 0.2) is 66.7 Å². The van der Waals surface area contributed by atoms with Crippen molar-refractivity contribution in [2.24, 2.45) is 5.92 Å². The summed E-state index contributed by atoms with van der Waals surface area (Å²) in [5, 5.41) is 0. The first-order chi connectivity index (χ1) is 9.75. The molecule has 0 bridgehead atoms. The molecule has 1 unspecified atom stereocenters. The van der Waals surface area contributed by atoms with E-state index in [4.69, 9.17) is 0 Å². The summed E-state index contributed by atoms with van der Waals surface area (Å²) in [7, 11) is 0. The lowest BCUT2D eigenvalue weighted by molar-refractivity contribution is -0.117. The van der Waals surface area contributed by atoms with Crippen LogP contribution in [-0.2, 0) is 4.79 Å². The Kier molecular flexibility index (Phi) is 3.38. The van der Waals surface area contributed by atoms with E-state index in [1.807, 2.05) is 55.5 Å². The molecule has 2 aromatic carbocycles. The smallest absolute Gasteiger partial charge is 0.162 e. The molecular formula is C18H17NO. The van der Waals surface area contributed by atoms with Gasteiger partial charge in [-0.3, -0.25) is 4.79 Å². The molecule has 0 saturated carbocycles. The van der Waals surface area contributed by atoms with Gasteiger partial charge in [-0.2, -0.15) is 0 Å². The van der Waals surface area contributed by atoms with Gasteiger partial charge in [-0.05, 0) is 17.7 Å². The molecule has 0 aromatic heterocycles. The minimum Gasteiger partial charge on any atom is -0.340 e. The van der Waals surface area contributed by atoms with Crippen LogP contribution >= 0.6 is 0 Å². The van der Waals surface area contributed by atoms with Crippen molar-refractivity contribution >= 4 is 17.2 Å². The highest BCUT2D eigenvalue weighted by atomic mass is 16.1. The normalized spacial score (nSPS) is 18.9. The molecule has 1 heterocycles. The highest BCUT2D eigenvalue weighted by molar-refractivity contribution is 6.03. The van der Waals surface area contributed by atoms with E-state index in [1.54, 1.807) is 6.08 Å². The summed E-state index contributed by atoms with van der Waals surface area (Å²) in [6, 6.07) is 20.3. The van der Waals surface area contributed by atoms with Gasteiger partial charge >= 0.3 is 0 Å². The molecule has 0 N–H and O–H groups in total. The van der Waals surface area contributed by atoms with Gasteiger partial charge in [-0.1, -0.05) is 55.5 Å². The zero-order valence-corrected chi connectivity index (χ0v) is 11.5. The number of para-hydroxylation sites is 1. The molecule has 0 amide bonds. The van der Waals surface area contributed by atoms with Crippen LogP contribution in [-0.4, -0.2) is 12.3 Å². The van der Waals surface area contributed by atoms with Crippen molar-refractivity contribution in [2.45, 2.75) is 6.92 Å². The van der Waals surface area contributed by atoms with Crippen LogP contribution < -0.4 is 4.90 Å². The molecule has 0 saturated heterocycles. The van der Waals surface area contributed by atoms with Crippen LogP contribution in [0.3, 0.4) is 0 Å². The van der Waals surface area contributed by atoms with E-state index in [9.17, 15) is 4.79 Å². The summed E-state index contributed by atoms with van der Waals surface area (Å²) < 4.78 is 0. The van der Waals surface area contributed by atoms with Crippen molar-refractivity contribution in [1.29, 1.82) is 0 Å². The number of benzene rings is 2. The standard InChI is InChI=1S/C18H17NO/c1-14-13-19(16-10-6-3-7-11-16)17(12-18(14)20)15-8-4-2-5-9-15/h2-12,14H,13H2,1H3. The number of ketones is 1. The Morgan fingerprint density at radius 2 is 1.55 bits per heavy atom. The van der Waals surface area contributed by atoms with E-state index in [0.29, 0.717) is 0 Å². The second-order valence-electron chi connectivity index (χ2n) is 5.15. The molecule has 3 rings (SSSR count). The van der Waals surface area contributed by atoms with Gasteiger partial charge in [0.1, 0.15) is 0 Å². The molecule has 0 spiro atoms. The Morgan fingerprint density at radius 3 is 2.20 bits per heavy atom. The van der Waals surface area contributed by atoms with Crippen molar-refractivity contribution in [3.63, 3.8) is 0 Å². The second-order valence-corrected chi connectivity index (χ2v) is 5.15. The molecule has 20 heavy (non-hydrogen) atoms. The fraction of sp³-hybridized carbons (Fsp3) is 0.167. The van der Waals surface area contributed by atoms with Gasteiger partial charge in [-0.25, -0.2) is 0 Å². The van der Waals surface area contributed by atoms with Crippen LogP contribution in [0.1, 0.15) is 12.5 Å². The molecule has 0 aliphatic carbocycles. The summed E-state index contributed by atoms with van der Waals surface area (Å²) in [6.45, 7) is 2.71. The number of carbonyl (C=O) groups is 1. The predicted molar refractivity (Wildman–Crippen MR) is 82.4 cm³/mol. The third kappa shape index (κ3) is 2.37. The first-order valence-corrected chi connectivity index (χ1v) is 6.89. The molecule has 2 heteroatoms. The van der Waals surface area contributed by atoms with Crippen LogP contribution in [0.4, 0.5) is 5.69 Å². The lowest BCUT2D eigenvalue weighted by atomic mass is 9.96. The van der Waals surface area contributed by atoms with E-state index < -0.39 is 0 Å². The molecule has 1 atom stereocenters. The quantitative estimate of drug-likeness (QED) is 0.822. The number of rotatable bonds is 2. The summed E-state index contributed by atoms with van der Waals surface area (Å²) in [6.07, 6.45) is 1.77. The molecule has 0 fully saturated rings. The van der Waals surface area contributed by atoms with E-state index in [2.05, 4.69) is 17.0 Å². The Labute approximate surface area is 119 Å². The molecule has 2 nitrogen and oxygen atoms in total. The molecule has 1 aliphatic heterocycles. The van der Waals surface area contributed by atoms with E-state index in [-0.39, 0.29) is 11.7 Å². The number of nitrogens with zero attached hydrogens (tertiary/aromatic N) is 1. The third-order valence-corrected chi connectivity index (χ3v) is 3.65. The van der Waals surface area contributed by atoms with E-state index in [1.165, 1.54) is 0 Å². The number of hydrogen-bond acceptors (Lipinski definition) is 2. The van der Waals surface area contributed by atoms with Crippen LogP contribution in [0, 0.1) is 5.92 Å². The maximum atomic E-state index is 12.1. The molecule has 2 aromatic rings. The average molecular weight is 263 g/mol. The molecule has 100 valence electrons. The zero-order chi connectivity index (χ0) is 13.9. The lowest BCUT2D eigenvalue weighted by Gasteiger charge is -2.33. The van der Waals surface area contributed by atoms with Gasteiger partial charge in [-0.15, -0.1) is 0 Å². The first kappa shape index (κ1) is 12.7. The Morgan fingerprint density at radius 1 is 0.950 bits per heavy atom. The fourth-order valence-corrected chi connectivity index (χ4v) is 2.52. The topological polar surface area (TPSA) is 20.3 Å². The second kappa shape index (κ2) is 5.33. The number of carbonyl (C=O) groups excluding carboxylic acids is 1. The lowest BCUT2D eigenvalue weighted by Crippen LogP contribution is -2.35. The minimum atomic E-state index is 0.0302. The van der Waals surface area contributed by atoms with Gasteiger partial charge < -0.3 is 4.90 Å². The fourth-order valence-electron chi connectivity index (χ4n) is 2.52. The van der Waals surface area contributed by atoms with Gasteiger partial charge in [0, 0.05) is 24.2 Å². The minimum absolute atomic E-state index is 0.0302. The summed E-state index contributed by atoms with van der Waals surface area (Å²) >= 11 is 0. The summed E-state index contributed by atoms with van der Waals surface area (Å²) in [5.74, 6) is 0.235. The van der Waals surface area contributed by atoms with Crippen molar-refractivity contribution in [2.75, 3.05) is 11.4 Å². The zero-order valence-electron chi connectivity index (χ0n) is 11.5. The third-order valence-electron chi connectivity index (χ3n) is 3.65. The van der Waals surface area contributed by atoms with Gasteiger partial charge in [0.2, 0.25) is 0 Å². The van der Waals surface area contributed by atoms with Gasteiger partial charge in [0.05, 0.1) is 5.70 Å². The van der Waals surface area contributed by atoms with Crippen molar-refractivity contribution in [3.05, 3.63) is 72.3 Å². The van der Waals surface area contributed by atoms with Crippen molar-refractivity contribution in [1.82, 2.24) is 0 Å². The van der Waals surface area contributed by atoms with E-state index in [0.717, 1.165) is 23.5 Å². The maximum absolute atomic E-state index is 12.1. The summed E-state index contributed by atoms with van der Waals surface area (Å²) in [5.41, 5.74) is 3.19. The number of hydrogen-bond donors (Lipinski definition) is 0. The molecule has 1 aliphatic rings. The van der Waals surface area contributed by atoms with E-state index >= 15 is 0 Å². The molecule has 0 radical (unpaired) electrons. The summed E-state index contributed by atoms with van der Waals surface area (Å²) in [4.78, 5) is 14.3. The largest absolute Gasteiger partial charge is 0.340 e. The predicted octanol–water partition coefficient (Wildman–Crippen LogP) is 3.75. The monoisotopic (exact) mass is 263 g/mol. The Balaban J connectivity index is 2.07. The Hall–Kier alpha value is -2.35. The average Bonchev–Trinajstić information content (AvgIpc) is 2.51.